The lowest BCUT2D eigenvalue weighted by atomic mass is 9.96. The molecular formula is C13H16ClF2NO. The molecule has 1 amide bonds. The van der Waals surface area contributed by atoms with Gasteiger partial charge in [0.15, 0.2) is 0 Å². The van der Waals surface area contributed by atoms with Crippen LogP contribution in [0.2, 0.25) is 0 Å². The van der Waals surface area contributed by atoms with Crippen LogP contribution in [0.1, 0.15) is 29.8 Å². The summed E-state index contributed by atoms with van der Waals surface area (Å²) in [5, 5.41) is 2.50. The van der Waals surface area contributed by atoms with Gasteiger partial charge >= 0.3 is 0 Å². The third kappa shape index (κ3) is 3.42. The Bertz CT molecular complexity index is 461. The van der Waals surface area contributed by atoms with E-state index in [4.69, 9.17) is 11.6 Å². The molecule has 0 saturated carbocycles. The zero-order valence-electron chi connectivity index (χ0n) is 10.6. The van der Waals surface area contributed by atoms with Gasteiger partial charge in [-0.1, -0.05) is 19.9 Å². The van der Waals surface area contributed by atoms with Crippen LogP contribution in [0.5, 0.6) is 0 Å². The fraction of sp³-hybridized carbons (Fsp3) is 0.462. The van der Waals surface area contributed by atoms with Gasteiger partial charge in [-0.2, -0.15) is 0 Å². The summed E-state index contributed by atoms with van der Waals surface area (Å²) in [4.78, 5) is 11.8. The van der Waals surface area contributed by atoms with Crippen molar-refractivity contribution in [3.63, 3.8) is 0 Å². The first kappa shape index (κ1) is 14.9. The first-order valence-electron chi connectivity index (χ1n) is 5.57. The Morgan fingerprint density at radius 1 is 1.39 bits per heavy atom. The van der Waals surface area contributed by atoms with Crippen molar-refractivity contribution in [2.75, 3.05) is 12.4 Å². The zero-order valence-corrected chi connectivity index (χ0v) is 11.4. The Hall–Kier alpha value is -1.16. The van der Waals surface area contributed by atoms with Crippen molar-refractivity contribution >= 4 is 17.5 Å². The van der Waals surface area contributed by atoms with Crippen LogP contribution < -0.4 is 5.32 Å². The normalized spacial score (nSPS) is 11.4. The van der Waals surface area contributed by atoms with Crippen molar-refractivity contribution in [3.8, 4) is 0 Å². The number of alkyl halides is 1. The maximum absolute atomic E-state index is 13.7. The molecule has 0 unspecified atom stereocenters. The van der Waals surface area contributed by atoms with Gasteiger partial charge in [-0.05, 0) is 24.0 Å². The molecule has 0 aliphatic carbocycles. The molecule has 0 heterocycles. The van der Waals surface area contributed by atoms with Crippen molar-refractivity contribution in [3.05, 3.63) is 34.9 Å². The predicted octanol–water partition coefficient (Wildman–Crippen LogP) is 3.27. The van der Waals surface area contributed by atoms with Crippen LogP contribution in [0.3, 0.4) is 0 Å². The second-order valence-corrected chi connectivity index (χ2v) is 5.30. The summed E-state index contributed by atoms with van der Waals surface area (Å²) in [6, 6.07) is 2.38. The summed E-state index contributed by atoms with van der Waals surface area (Å²) >= 11 is 5.71. The molecule has 1 N–H and O–H groups in total. The van der Waals surface area contributed by atoms with Gasteiger partial charge in [0.1, 0.15) is 17.2 Å². The van der Waals surface area contributed by atoms with Crippen LogP contribution >= 0.6 is 11.6 Å². The fourth-order valence-corrected chi connectivity index (χ4v) is 1.41. The van der Waals surface area contributed by atoms with Crippen LogP contribution in [0, 0.1) is 24.0 Å². The van der Waals surface area contributed by atoms with Crippen molar-refractivity contribution in [1.29, 1.82) is 0 Å². The lowest BCUT2D eigenvalue weighted by Crippen LogP contribution is -2.35. The van der Waals surface area contributed by atoms with Crippen LogP contribution in [0.25, 0.3) is 0 Å². The number of halogens is 3. The van der Waals surface area contributed by atoms with Crippen molar-refractivity contribution in [2.24, 2.45) is 5.41 Å². The third-order valence-corrected chi connectivity index (χ3v) is 3.32. The molecule has 0 bridgehead atoms. The number of carbonyl (C=O) groups is 1. The standard InChI is InChI=1S/C13H16ClF2NO/c1-8-4-5-9(15)10(11(8)16)12(18)17-7-13(2,3)6-14/h4-5H,6-7H2,1-3H3,(H,17,18). The number of amides is 1. The van der Waals surface area contributed by atoms with Gasteiger partial charge in [-0.25, -0.2) is 8.78 Å². The molecule has 0 fully saturated rings. The SMILES string of the molecule is Cc1ccc(F)c(C(=O)NCC(C)(C)CCl)c1F. The van der Waals surface area contributed by atoms with Gasteiger partial charge in [0.2, 0.25) is 0 Å². The van der Waals surface area contributed by atoms with Crippen molar-refractivity contribution in [1.82, 2.24) is 5.32 Å². The number of rotatable bonds is 4. The highest BCUT2D eigenvalue weighted by atomic mass is 35.5. The molecule has 0 aromatic heterocycles. The summed E-state index contributed by atoms with van der Waals surface area (Å²) in [5.41, 5.74) is -0.632. The minimum absolute atomic E-state index is 0.234. The Morgan fingerprint density at radius 3 is 2.56 bits per heavy atom. The van der Waals surface area contributed by atoms with E-state index >= 15 is 0 Å². The topological polar surface area (TPSA) is 29.1 Å². The van der Waals surface area contributed by atoms with Gasteiger partial charge < -0.3 is 5.32 Å². The molecule has 1 aromatic rings. The number of carbonyl (C=O) groups excluding carboxylic acids is 1. The number of hydrogen-bond donors (Lipinski definition) is 1. The predicted molar refractivity (Wildman–Crippen MR) is 67.9 cm³/mol. The smallest absolute Gasteiger partial charge is 0.257 e. The first-order valence-corrected chi connectivity index (χ1v) is 6.11. The number of aryl methyl sites for hydroxylation is 1. The molecule has 100 valence electrons. The second kappa shape index (κ2) is 5.65. The summed E-state index contributed by atoms with van der Waals surface area (Å²) in [6.07, 6.45) is 0. The van der Waals surface area contributed by atoms with Crippen molar-refractivity contribution < 1.29 is 13.6 Å². The Balaban J connectivity index is 2.89. The van der Waals surface area contributed by atoms with Crippen LogP contribution in [0.15, 0.2) is 12.1 Å². The average molecular weight is 276 g/mol. The van der Waals surface area contributed by atoms with E-state index in [1.165, 1.54) is 13.0 Å². The molecule has 0 atom stereocenters. The van der Waals surface area contributed by atoms with Crippen LogP contribution in [-0.4, -0.2) is 18.3 Å². The Morgan fingerprint density at radius 2 is 2.00 bits per heavy atom. The summed E-state index contributed by atoms with van der Waals surface area (Å²) in [5.74, 6) is -2.10. The second-order valence-electron chi connectivity index (χ2n) is 5.03. The molecule has 0 saturated heterocycles. The summed E-state index contributed by atoms with van der Waals surface area (Å²) < 4.78 is 27.1. The zero-order chi connectivity index (χ0) is 13.9. The van der Waals surface area contributed by atoms with Gasteiger partial charge in [-0.3, -0.25) is 4.79 Å². The highest BCUT2D eigenvalue weighted by molar-refractivity contribution is 6.18. The maximum atomic E-state index is 13.7. The monoisotopic (exact) mass is 275 g/mol. The molecule has 2 nitrogen and oxygen atoms in total. The number of benzene rings is 1. The molecular weight excluding hydrogens is 260 g/mol. The maximum Gasteiger partial charge on any atom is 0.257 e. The molecule has 18 heavy (non-hydrogen) atoms. The number of nitrogens with one attached hydrogen (secondary N) is 1. The largest absolute Gasteiger partial charge is 0.351 e. The minimum atomic E-state index is -0.862. The summed E-state index contributed by atoms with van der Waals surface area (Å²) in [6.45, 7) is 5.43. The highest BCUT2D eigenvalue weighted by Gasteiger charge is 2.22. The Labute approximate surface area is 110 Å². The van der Waals surface area contributed by atoms with E-state index < -0.39 is 23.1 Å². The van der Waals surface area contributed by atoms with E-state index in [2.05, 4.69) is 5.32 Å². The van der Waals surface area contributed by atoms with E-state index in [1.54, 1.807) is 0 Å². The summed E-state index contributed by atoms with van der Waals surface area (Å²) in [7, 11) is 0. The highest BCUT2D eigenvalue weighted by Crippen LogP contribution is 2.18. The van der Waals surface area contributed by atoms with Crippen LogP contribution in [0.4, 0.5) is 8.78 Å². The van der Waals surface area contributed by atoms with E-state index in [1.807, 2.05) is 13.8 Å². The van der Waals surface area contributed by atoms with E-state index in [0.29, 0.717) is 5.88 Å². The molecule has 0 aliphatic rings. The number of hydrogen-bond acceptors (Lipinski definition) is 1. The van der Waals surface area contributed by atoms with Gasteiger partial charge in [0.05, 0.1) is 0 Å². The lowest BCUT2D eigenvalue weighted by Gasteiger charge is -2.21. The van der Waals surface area contributed by atoms with Gasteiger partial charge in [-0.15, -0.1) is 11.6 Å². The van der Waals surface area contributed by atoms with E-state index in [-0.39, 0.29) is 17.5 Å². The third-order valence-electron chi connectivity index (χ3n) is 2.60. The molecule has 0 aliphatic heterocycles. The lowest BCUT2D eigenvalue weighted by molar-refractivity contribution is 0.0931. The fourth-order valence-electron chi connectivity index (χ4n) is 1.32. The first-order chi connectivity index (χ1) is 8.28. The van der Waals surface area contributed by atoms with Crippen LogP contribution in [-0.2, 0) is 0 Å². The molecule has 1 rings (SSSR count). The van der Waals surface area contributed by atoms with Gasteiger partial charge in [0.25, 0.3) is 5.91 Å². The van der Waals surface area contributed by atoms with Crippen molar-refractivity contribution in [2.45, 2.75) is 20.8 Å². The molecule has 1 aromatic carbocycles. The molecule has 0 spiro atoms. The Kier molecular flexibility index (Phi) is 4.68. The quantitative estimate of drug-likeness (QED) is 0.840. The molecule has 0 radical (unpaired) electrons. The average Bonchev–Trinajstić information content (AvgIpc) is 2.32. The van der Waals surface area contributed by atoms with Gasteiger partial charge in [0, 0.05) is 12.4 Å². The van der Waals surface area contributed by atoms with E-state index in [0.717, 1.165) is 6.07 Å². The van der Waals surface area contributed by atoms with E-state index in [9.17, 15) is 13.6 Å². The minimum Gasteiger partial charge on any atom is -0.351 e. The molecule has 5 heteroatoms.